The van der Waals surface area contributed by atoms with Crippen LogP contribution in [0.1, 0.15) is 19.8 Å². The quantitative estimate of drug-likeness (QED) is 0.771. The van der Waals surface area contributed by atoms with E-state index in [1.165, 1.54) is 35.5 Å². The maximum Gasteiger partial charge on any atom is 0.240 e. The third-order valence-corrected chi connectivity index (χ3v) is 6.57. The minimum atomic E-state index is -3.69. The first-order valence-electron chi connectivity index (χ1n) is 7.43. The summed E-state index contributed by atoms with van der Waals surface area (Å²) in [6.45, 7) is 1.97. The number of hydrogen-bond acceptors (Lipinski definition) is 5. The summed E-state index contributed by atoms with van der Waals surface area (Å²) in [5, 5.41) is 2.57. The number of hydrogen-bond donors (Lipinski definition) is 2. The van der Waals surface area contributed by atoms with Crippen molar-refractivity contribution in [2.75, 3.05) is 24.7 Å². The van der Waals surface area contributed by atoms with Crippen molar-refractivity contribution >= 4 is 31.6 Å². The van der Waals surface area contributed by atoms with Crippen LogP contribution in [0.5, 0.6) is 0 Å². The molecule has 1 saturated heterocycles. The molecular weight excluding hydrogens is 354 g/mol. The number of anilines is 1. The Morgan fingerprint density at radius 2 is 1.62 bits per heavy atom. The molecule has 24 heavy (non-hydrogen) atoms. The van der Waals surface area contributed by atoms with Crippen LogP contribution in [0.25, 0.3) is 0 Å². The molecular formula is C14H21N3O5S2. The minimum Gasteiger partial charge on any atom is -0.326 e. The zero-order valence-electron chi connectivity index (χ0n) is 13.5. The molecule has 1 aromatic carbocycles. The summed E-state index contributed by atoms with van der Waals surface area (Å²) in [5.41, 5.74) is 0.517. The Kier molecular flexibility index (Phi) is 5.63. The molecule has 10 heteroatoms. The molecule has 0 aliphatic carbocycles. The minimum absolute atomic E-state index is 0.0992. The van der Waals surface area contributed by atoms with E-state index in [0.717, 1.165) is 6.26 Å². The van der Waals surface area contributed by atoms with Crippen molar-refractivity contribution in [3.05, 3.63) is 24.3 Å². The van der Waals surface area contributed by atoms with Crippen LogP contribution >= 0.6 is 0 Å². The molecule has 1 fully saturated rings. The smallest absolute Gasteiger partial charge is 0.240 e. The van der Waals surface area contributed by atoms with E-state index in [-0.39, 0.29) is 16.8 Å². The van der Waals surface area contributed by atoms with E-state index < -0.39 is 20.0 Å². The number of nitrogens with one attached hydrogen (secondary N) is 2. The third-order valence-electron chi connectivity index (χ3n) is 3.73. The van der Waals surface area contributed by atoms with Crippen LogP contribution in [0.15, 0.2) is 29.2 Å². The molecule has 1 heterocycles. The predicted octanol–water partition coefficient (Wildman–Crippen LogP) is 0.347. The number of rotatable bonds is 5. The largest absolute Gasteiger partial charge is 0.326 e. The Balaban J connectivity index is 2.00. The van der Waals surface area contributed by atoms with Crippen LogP contribution < -0.4 is 10.0 Å². The van der Waals surface area contributed by atoms with Gasteiger partial charge in [0.25, 0.3) is 0 Å². The summed E-state index contributed by atoms with van der Waals surface area (Å²) in [5.74, 6) is -0.235. The van der Waals surface area contributed by atoms with Gasteiger partial charge in [-0.05, 0) is 37.1 Å². The number of carbonyl (C=O) groups excluding carboxylic acids is 1. The van der Waals surface area contributed by atoms with Crippen molar-refractivity contribution < 1.29 is 21.6 Å². The highest BCUT2D eigenvalue weighted by atomic mass is 32.2. The van der Waals surface area contributed by atoms with Crippen LogP contribution in [0.4, 0.5) is 5.69 Å². The first kappa shape index (κ1) is 18.8. The van der Waals surface area contributed by atoms with E-state index in [1.807, 2.05) is 0 Å². The Hall–Kier alpha value is -1.49. The number of carbonyl (C=O) groups is 1. The Bertz CT molecular complexity index is 795. The summed E-state index contributed by atoms with van der Waals surface area (Å²) in [6, 6.07) is 5.56. The molecule has 0 saturated carbocycles. The van der Waals surface area contributed by atoms with E-state index in [0.29, 0.717) is 31.6 Å². The first-order valence-corrected chi connectivity index (χ1v) is 10.8. The fraction of sp³-hybridized carbons (Fsp3) is 0.500. The topological polar surface area (TPSA) is 113 Å². The molecule has 0 atom stereocenters. The van der Waals surface area contributed by atoms with Gasteiger partial charge in [0.05, 0.1) is 11.2 Å². The summed E-state index contributed by atoms with van der Waals surface area (Å²) in [4.78, 5) is 11.1. The molecule has 134 valence electrons. The van der Waals surface area contributed by atoms with Gasteiger partial charge in [-0.1, -0.05) is 0 Å². The van der Waals surface area contributed by atoms with Crippen molar-refractivity contribution in [3.63, 3.8) is 0 Å². The average molecular weight is 375 g/mol. The van der Waals surface area contributed by atoms with Crippen LogP contribution in [-0.4, -0.2) is 52.4 Å². The second-order valence-electron chi connectivity index (χ2n) is 5.76. The molecule has 0 bridgehead atoms. The van der Waals surface area contributed by atoms with E-state index >= 15 is 0 Å². The van der Waals surface area contributed by atoms with Crippen molar-refractivity contribution in [2.24, 2.45) is 0 Å². The Morgan fingerprint density at radius 3 is 2.08 bits per heavy atom. The standard InChI is InChI=1S/C14H21N3O5S2/c1-11(18)15-12-3-5-14(6-4-12)24(21,22)16-13-7-9-17(10-8-13)23(2,19)20/h3-6,13,16H,7-10H2,1-2H3,(H,15,18). The number of amides is 1. The summed E-state index contributed by atoms with van der Waals surface area (Å²) >= 11 is 0. The van der Waals surface area contributed by atoms with Gasteiger partial charge in [-0.25, -0.2) is 25.9 Å². The molecule has 1 aromatic rings. The van der Waals surface area contributed by atoms with E-state index in [9.17, 15) is 21.6 Å². The highest BCUT2D eigenvalue weighted by Gasteiger charge is 2.28. The SMILES string of the molecule is CC(=O)Nc1ccc(S(=O)(=O)NC2CCN(S(C)(=O)=O)CC2)cc1. The first-order chi connectivity index (χ1) is 11.1. The second kappa shape index (κ2) is 7.18. The van der Waals surface area contributed by atoms with Crippen LogP contribution in [0, 0.1) is 0 Å². The Labute approximate surface area is 142 Å². The van der Waals surface area contributed by atoms with Gasteiger partial charge >= 0.3 is 0 Å². The maximum absolute atomic E-state index is 12.4. The predicted molar refractivity (Wildman–Crippen MR) is 90.5 cm³/mol. The van der Waals surface area contributed by atoms with Gasteiger partial charge in [0.2, 0.25) is 26.0 Å². The lowest BCUT2D eigenvalue weighted by atomic mass is 10.1. The number of benzene rings is 1. The van der Waals surface area contributed by atoms with Gasteiger partial charge in [0.1, 0.15) is 0 Å². The average Bonchev–Trinajstić information content (AvgIpc) is 2.46. The lowest BCUT2D eigenvalue weighted by molar-refractivity contribution is -0.114. The van der Waals surface area contributed by atoms with Crippen molar-refractivity contribution in [1.29, 1.82) is 0 Å². The fourth-order valence-electron chi connectivity index (χ4n) is 2.51. The molecule has 1 aliphatic heterocycles. The molecule has 1 aliphatic rings. The molecule has 8 nitrogen and oxygen atoms in total. The number of piperidine rings is 1. The van der Waals surface area contributed by atoms with Gasteiger partial charge in [-0.3, -0.25) is 4.79 Å². The summed E-state index contributed by atoms with van der Waals surface area (Å²) < 4.78 is 51.6. The van der Waals surface area contributed by atoms with E-state index in [4.69, 9.17) is 0 Å². The molecule has 0 spiro atoms. The zero-order chi connectivity index (χ0) is 18.0. The highest BCUT2D eigenvalue weighted by Crippen LogP contribution is 2.18. The molecule has 0 radical (unpaired) electrons. The Morgan fingerprint density at radius 1 is 1.08 bits per heavy atom. The normalized spacial score (nSPS) is 17.6. The zero-order valence-corrected chi connectivity index (χ0v) is 15.2. The van der Waals surface area contributed by atoms with Crippen molar-refractivity contribution in [2.45, 2.75) is 30.7 Å². The van der Waals surface area contributed by atoms with Gasteiger partial charge in [0, 0.05) is 31.7 Å². The van der Waals surface area contributed by atoms with E-state index in [1.54, 1.807) is 0 Å². The fourth-order valence-corrected chi connectivity index (χ4v) is 4.69. The molecule has 2 rings (SSSR count). The molecule has 0 unspecified atom stereocenters. The lowest BCUT2D eigenvalue weighted by Crippen LogP contribution is -2.46. The van der Waals surface area contributed by atoms with Gasteiger partial charge in [-0.15, -0.1) is 0 Å². The second-order valence-corrected chi connectivity index (χ2v) is 9.46. The van der Waals surface area contributed by atoms with Crippen molar-refractivity contribution in [1.82, 2.24) is 9.03 Å². The number of sulfonamides is 2. The summed E-state index contributed by atoms with van der Waals surface area (Å²) in [7, 11) is -6.93. The van der Waals surface area contributed by atoms with E-state index in [2.05, 4.69) is 10.0 Å². The molecule has 0 aromatic heterocycles. The van der Waals surface area contributed by atoms with Crippen LogP contribution in [0.2, 0.25) is 0 Å². The highest BCUT2D eigenvalue weighted by molar-refractivity contribution is 7.89. The van der Waals surface area contributed by atoms with Gasteiger partial charge < -0.3 is 5.32 Å². The summed E-state index contributed by atoms with van der Waals surface area (Å²) in [6.07, 6.45) is 2.00. The van der Waals surface area contributed by atoms with Gasteiger partial charge in [-0.2, -0.15) is 0 Å². The van der Waals surface area contributed by atoms with Crippen molar-refractivity contribution in [3.8, 4) is 0 Å². The number of nitrogens with zero attached hydrogens (tertiary/aromatic N) is 1. The van der Waals surface area contributed by atoms with Crippen LogP contribution in [0.3, 0.4) is 0 Å². The molecule has 2 N–H and O–H groups in total. The maximum atomic E-state index is 12.4. The van der Waals surface area contributed by atoms with Gasteiger partial charge in [0.15, 0.2) is 0 Å². The lowest BCUT2D eigenvalue weighted by Gasteiger charge is -2.30. The third kappa shape index (κ3) is 5.00. The molecule has 1 amide bonds. The monoisotopic (exact) mass is 375 g/mol. The van der Waals surface area contributed by atoms with Crippen LogP contribution in [-0.2, 0) is 24.8 Å².